The van der Waals surface area contributed by atoms with Gasteiger partial charge in [-0.3, -0.25) is 9.59 Å². The molecule has 0 amide bonds. The number of aliphatic hydroxyl groups is 3. The average Bonchev–Trinajstić information content (AvgIpc) is 4.02. The summed E-state index contributed by atoms with van der Waals surface area (Å²) in [6.45, 7) is 33.0. The molecule has 6 N–H and O–H groups in total. The summed E-state index contributed by atoms with van der Waals surface area (Å²) >= 11 is 0. The van der Waals surface area contributed by atoms with Gasteiger partial charge in [-0.05, 0) is 108 Å². The van der Waals surface area contributed by atoms with E-state index in [1.54, 1.807) is 33.3 Å². The van der Waals surface area contributed by atoms with Crippen LogP contribution >= 0.6 is 0 Å². The highest BCUT2D eigenvalue weighted by Gasteiger charge is 2.14. The lowest BCUT2D eigenvalue weighted by molar-refractivity contribution is -0.122. The smallest absolute Gasteiger partial charge is 0.372 e. The Balaban J connectivity index is -0.0000000780. The molecule has 64 heavy (non-hydrogen) atoms. The molecule has 0 aliphatic heterocycles. The quantitative estimate of drug-likeness (QED) is 0.0742. The van der Waals surface area contributed by atoms with Crippen LogP contribution in [0.2, 0.25) is 0 Å². The number of ketones is 2. The van der Waals surface area contributed by atoms with Crippen LogP contribution in [0, 0.1) is 53.0 Å². The van der Waals surface area contributed by atoms with Gasteiger partial charge in [0.05, 0.1) is 25.1 Å². The Morgan fingerprint density at radius 3 is 1.09 bits per heavy atom. The Labute approximate surface area is 389 Å². The molecule has 0 aliphatic rings. The molecule has 0 unspecified atom stereocenters. The van der Waals surface area contributed by atoms with Crippen molar-refractivity contribution in [3.05, 3.63) is 98.3 Å². The van der Waals surface area contributed by atoms with Gasteiger partial charge in [0.2, 0.25) is 12.3 Å². The molecule has 4 heterocycles. The SMILES string of the molecule is C.C.C.C.C.CC#CC.CCC(=O)CO.CCC(=O)CO.CCc1coc(C(=O)O)c1C.CCc1coc(C)c1C.CCc1coc(CO)c1C.CCc1coc(N)c1C.[C-]#[N+]CC. The van der Waals surface area contributed by atoms with Crippen LogP contribution in [0.4, 0.5) is 5.88 Å². The minimum Gasteiger partial charge on any atom is -0.475 e. The molecular weight excluding hydrogens is 817 g/mol. The first kappa shape index (κ1) is 79.1. The van der Waals surface area contributed by atoms with Crippen molar-refractivity contribution in [3.63, 3.8) is 0 Å². The van der Waals surface area contributed by atoms with Gasteiger partial charge in [-0.25, -0.2) is 11.4 Å². The van der Waals surface area contributed by atoms with Crippen molar-refractivity contribution in [1.82, 2.24) is 0 Å². The number of anilines is 1. The lowest BCUT2D eigenvalue weighted by Crippen LogP contribution is -1.99. The van der Waals surface area contributed by atoms with Crippen molar-refractivity contribution in [1.29, 1.82) is 0 Å². The molecule has 4 rings (SSSR count). The van der Waals surface area contributed by atoms with Crippen LogP contribution in [0.1, 0.15) is 179 Å². The van der Waals surface area contributed by atoms with Gasteiger partial charge in [0, 0.05) is 30.9 Å². The first-order chi connectivity index (χ1) is 27.9. The molecule has 0 saturated carbocycles. The van der Waals surface area contributed by atoms with Crippen LogP contribution in [0.5, 0.6) is 0 Å². The maximum atomic E-state index is 10.5. The summed E-state index contributed by atoms with van der Waals surface area (Å²) in [6.07, 6.45) is 11.5. The van der Waals surface area contributed by atoms with Gasteiger partial charge in [0.1, 0.15) is 31.3 Å². The zero-order valence-electron chi connectivity index (χ0n) is 38.1. The molecule has 0 spiro atoms. The minimum absolute atomic E-state index is 0. The van der Waals surface area contributed by atoms with Gasteiger partial charge >= 0.3 is 5.97 Å². The first-order valence-electron chi connectivity index (χ1n) is 19.7. The number of aromatic carboxylic acids is 1. The van der Waals surface area contributed by atoms with Gasteiger partial charge in [0.15, 0.2) is 17.5 Å². The van der Waals surface area contributed by atoms with Crippen LogP contribution in [-0.4, -0.2) is 57.7 Å². The maximum Gasteiger partial charge on any atom is 0.372 e. The standard InChI is InChI=1S/C8H10O3.C8H12O2.C8H12O.C7H11NO.2C4H8O2.C4H6.C3H5N.5CH4/c1-3-6-4-11-7(5(6)2)8(9)10;1-3-7-5-10-8(4-9)6(7)2;1-4-8-5-9-7(3)6(8)2;1-3-6-4-9-7(8)5(6)2;2*1-2-4(6)3-5;2*1-3-4-2;;;;;/h4H,3H2,1-2H3,(H,9,10);5,9H,3-4H2,1-2H3;5H,4H2,1-3H3;4H,3,8H2,1-2H3;2*5H,2-3H2,1H3;1-2H3;3H2,1H3;5*1H4. The Morgan fingerprint density at radius 2 is 0.938 bits per heavy atom. The van der Waals surface area contributed by atoms with E-state index >= 15 is 0 Å². The van der Waals surface area contributed by atoms with Gasteiger partial charge < -0.3 is 48.7 Å². The Bertz CT molecular complexity index is 1710. The van der Waals surface area contributed by atoms with Crippen LogP contribution in [0.25, 0.3) is 4.85 Å². The summed E-state index contributed by atoms with van der Waals surface area (Å²) in [4.78, 5) is 33.3. The second kappa shape index (κ2) is 50.3. The average molecular weight is 909 g/mol. The molecule has 4 aromatic heterocycles. The van der Waals surface area contributed by atoms with Crippen molar-refractivity contribution < 1.29 is 52.5 Å². The summed E-state index contributed by atoms with van der Waals surface area (Å²) in [6, 6.07) is 0. The molecule has 13 nitrogen and oxygen atoms in total. The molecule has 0 bridgehead atoms. The number of aliphatic hydroxyl groups excluding tert-OH is 3. The van der Waals surface area contributed by atoms with E-state index in [9.17, 15) is 14.4 Å². The highest BCUT2D eigenvalue weighted by molar-refractivity contribution is 5.86. The summed E-state index contributed by atoms with van der Waals surface area (Å²) in [5, 5.41) is 33.3. The number of carbonyl (C=O) groups excluding carboxylic acids is 2. The minimum atomic E-state index is -0.998. The fourth-order valence-electron chi connectivity index (χ4n) is 3.97. The summed E-state index contributed by atoms with van der Waals surface area (Å²) in [5.74, 6) is 6.50. The van der Waals surface area contributed by atoms with E-state index < -0.39 is 5.97 Å². The molecule has 4 aromatic rings. The number of hydrogen-bond acceptors (Lipinski definition) is 11. The summed E-state index contributed by atoms with van der Waals surface area (Å²) < 4.78 is 20.1. The van der Waals surface area contributed by atoms with Crippen LogP contribution in [0.3, 0.4) is 0 Å². The zero-order valence-corrected chi connectivity index (χ0v) is 38.1. The number of nitrogens with zero attached hydrogens (tertiary/aromatic N) is 1. The predicted molar refractivity (Wildman–Crippen MR) is 268 cm³/mol. The molecular formula is C51H92N2O11. The second-order valence-corrected chi connectivity index (χ2v) is 12.2. The molecule has 0 aromatic carbocycles. The number of Topliss-reactive ketones (excluding diaryl/α,β-unsaturated/α-hetero) is 2. The van der Waals surface area contributed by atoms with Crippen LogP contribution in [-0.2, 0) is 41.9 Å². The van der Waals surface area contributed by atoms with Crippen molar-refractivity contribution in [2.24, 2.45) is 0 Å². The number of nitrogen functional groups attached to an aromatic ring is 1. The first-order valence-corrected chi connectivity index (χ1v) is 19.7. The number of aryl methyl sites for hydroxylation is 5. The monoisotopic (exact) mass is 909 g/mol. The summed E-state index contributed by atoms with van der Waals surface area (Å²) in [7, 11) is 0. The number of carboxylic acids is 1. The van der Waals surface area contributed by atoms with E-state index in [2.05, 4.69) is 44.4 Å². The molecule has 13 heteroatoms. The Kier molecular flexibility index (Phi) is 62.2. The normalized spacial score (nSPS) is 8.25. The van der Waals surface area contributed by atoms with E-state index in [0.29, 0.717) is 31.0 Å². The maximum absolute atomic E-state index is 10.5. The van der Waals surface area contributed by atoms with Gasteiger partial charge in [0.25, 0.3) is 0 Å². The van der Waals surface area contributed by atoms with Gasteiger partial charge in [-0.15, -0.1) is 11.8 Å². The topological polar surface area (TPSA) is 215 Å². The zero-order chi connectivity index (χ0) is 46.5. The van der Waals surface area contributed by atoms with Crippen molar-refractivity contribution >= 4 is 23.4 Å². The summed E-state index contributed by atoms with van der Waals surface area (Å²) in [5.41, 5.74) is 14.3. The fraction of sp³-hybridized carbons (Fsp3) is 0.569. The third kappa shape index (κ3) is 35.2. The fourth-order valence-corrected chi connectivity index (χ4v) is 3.97. The van der Waals surface area contributed by atoms with E-state index in [1.807, 2.05) is 54.7 Å². The largest absolute Gasteiger partial charge is 0.475 e. The van der Waals surface area contributed by atoms with E-state index in [0.717, 1.165) is 53.7 Å². The number of carbonyl (C=O) groups is 3. The van der Waals surface area contributed by atoms with Crippen molar-refractivity contribution in [3.8, 4) is 11.8 Å². The molecule has 0 fully saturated rings. The molecule has 0 saturated heterocycles. The number of nitrogens with two attached hydrogens (primary N) is 1. The number of rotatable bonds is 10. The van der Waals surface area contributed by atoms with Gasteiger partial charge in [-0.1, -0.05) is 78.7 Å². The van der Waals surface area contributed by atoms with Gasteiger partial charge in [-0.2, -0.15) is 0 Å². The van der Waals surface area contributed by atoms with Crippen molar-refractivity contribution in [2.45, 2.75) is 179 Å². The van der Waals surface area contributed by atoms with Crippen LogP contribution < -0.4 is 5.73 Å². The van der Waals surface area contributed by atoms with Crippen molar-refractivity contribution in [2.75, 3.05) is 25.5 Å². The van der Waals surface area contributed by atoms with Crippen LogP contribution in [0.15, 0.2) is 42.7 Å². The number of carboxylic acid groups (broad SMARTS) is 1. The highest BCUT2D eigenvalue weighted by atomic mass is 16.4. The third-order valence-electron chi connectivity index (χ3n) is 8.36. The third-order valence-corrected chi connectivity index (χ3v) is 8.36. The van der Waals surface area contributed by atoms with E-state index in [1.165, 1.54) is 28.5 Å². The lowest BCUT2D eigenvalue weighted by atomic mass is 10.1. The number of furan rings is 4. The molecule has 372 valence electrons. The Hall–Kier alpha value is -5.34. The Morgan fingerprint density at radius 1 is 0.594 bits per heavy atom. The molecule has 0 atom stereocenters. The van der Waals surface area contributed by atoms with E-state index in [-0.39, 0.29) is 74.3 Å². The lowest BCUT2D eigenvalue weighted by Gasteiger charge is -1.91. The van der Waals surface area contributed by atoms with E-state index in [4.69, 9.17) is 50.4 Å². The number of hydrogen-bond donors (Lipinski definition) is 5. The molecule has 0 aliphatic carbocycles. The predicted octanol–water partition coefficient (Wildman–Crippen LogP) is 12.7. The highest BCUT2D eigenvalue weighted by Crippen LogP contribution is 2.18. The second-order valence-electron chi connectivity index (χ2n) is 12.2. The molecule has 0 radical (unpaired) electrons.